The third kappa shape index (κ3) is 5.20. The molecule has 0 radical (unpaired) electrons. The van der Waals surface area contributed by atoms with Crippen LogP contribution in [0.4, 0.5) is 0 Å². The molecular formula is C18H33N3O2. The number of piperidine rings is 1. The van der Waals surface area contributed by atoms with Gasteiger partial charge in [0.1, 0.15) is 0 Å². The lowest BCUT2D eigenvalue weighted by Crippen LogP contribution is -2.53. The number of carbonyl (C=O) groups is 2. The molecule has 3 atom stereocenters. The minimum atomic E-state index is -0.00528. The molecule has 1 saturated carbocycles. The molecule has 23 heavy (non-hydrogen) atoms. The summed E-state index contributed by atoms with van der Waals surface area (Å²) in [7, 11) is 0. The van der Waals surface area contributed by atoms with Crippen LogP contribution in [-0.4, -0.2) is 59.4 Å². The monoisotopic (exact) mass is 323 g/mol. The van der Waals surface area contributed by atoms with Gasteiger partial charge in [0.15, 0.2) is 0 Å². The van der Waals surface area contributed by atoms with Crippen LogP contribution in [0.25, 0.3) is 0 Å². The van der Waals surface area contributed by atoms with Gasteiger partial charge in [0.2, 0.25) is 11.8 Å². The first-order valence-electron chi connectivity index (χ1n) is 9.23. The van der Waals surface area contributed by atoms with Crippen molar-refractivity contribution < 1.29 is 9.59 Å². The van der Waals surface area contributed by atoms with Gasteiger partial charge in [0, 0.05) is 38.1 Å². The van der Waals surface area contributed by atoms with E-state index in [0.717, 1.165) is 25.8 Å². The van der Waals surface area contributed by atoms with Gasteiger partial charge in [-0.1, -0.05) is 20.3 Å². The van der Waals surface area contributed by atoms with Crippen molar-refractivity contribution in [3.63, 3.8) is 0 Å². The van der Waals surface area contributed by atoms with E-state index in [9.17, 15) is 9.59 Å². The van der Waals surface area contributed by atoms with Gasteiger partial charge < -0.3 is 10.2 Å². The molecule has 5 heteroatoms. The number of hydrogen-bond donors (Lipinski definition) is 1. The van der Waals surface area contributed by atoms with E-state index in [0.29, 0.717) is 31.1 Å². The van der Waals surface area contributed by atoms with E-state index < -0.39 is 0 Å². The Labute approximate surface area is 140 Å². The first-order chi connectivity index (χ1) is 10.9. The first-order valence-corrected chi connectivity index (χ1v) is 9.23. The van der Waals surface area contributed by atoms with E-state index in [2.05, 4.69) is 31.0 Å². The smallest absolute Gasteiger partial charge is 0.236 e. The molecule has 1 saturated heterocycles. The van der Waals surface area contributed by atoms with Crippen molar-refractivity contribution in [1.29, 1.82) is 0 Å². The fraction of sp³-hybridized carbons (Fsp3) is 0.889. The van der Waals surface area contributed by atoms with Crippen LogP contribution in [0.2, 0.25) is 0 Å². The Hall–Kier alpha value is -1.10. The molecule has 0 bridgehead atoms. The summed E-state index contributed by atoms with van der Waals surface area (Å²) >= 11 is 0. The van der Waals surface area contributed by atoms with E-state index in [1.807, 2.05) is 4.90 Å². The number of nitrogens with zero attached hydrogens (tertiary/aromatic N) is 2. The summed E-state index contributed by atoms with van der Waals surface area (Å²) in [6, 6.07) is 1.16. The number of carbonyl (C=O) groups excluding carboxylic acids is 2. The topological polar surface area (TPSA) is 52.7 Å². The molecule has 0 aromatic carbocycles. The van der Waals surface area contributed by atoms with Crippen LogP contribution in [0.5, 0.6) is 0 Å². The molecule has 1 aliphatic carbocycles. The maximum Gasteiger partial charge on any atom is 0.236 e. The minimum absolute atomic E-state index is 0.00528. The maximum absolute atomic E-state index is 12.8. The lowest BCUT2D eigenvalue weighted by atomic mass is 9.99. The Morgan fingerprint density at radius 3 is 2.52 bits per heavy atom. The van der Waals surface area contributed by atoms with Gasteiger partial charge in [0.05, 0.1) is 6.54 Å². The minimum Gasteiger partial charge on any atom is -0.352 e. The van der Waals surface area contributed by atoms with Crippen molar-refractivity contribution in [2.45, 2.75) is 77.9 Å². The van der Waals surface area contributed by atoms with E-state index >= 15 is 0 Å². The SMILES string of the molecule is CC[C@H](C)[C@H](C)N(CC(=O)N1CCC[C@H](NC(C)=O)C1)C1CC1. The van der Waals surface area contributed by atoms with Crippen molar-refractivity contribution in [2.24, 2.45) is 5.92 Å². The maximum atomic E-state index is 12.8. The highest BCUT2D eigenvalue weighted by atomic mass is 16.2. The second kappa shape index (κ2) is 8.13. The molecule has 1 N–H and O–H groups in total. The summed E-state index contributed by atoms with van der Waals surface area (Å²) < 4.78 is 0. The predicted octanol–water partition coefficient (Wildman–Crippen LogP) is 2.01. The Morgan fingerprint density at radius 2 is 1.96 bits per heavy atom. The van der Waals surface area contributed by atoms with E-state index in [1.165, 1.54) is 12.8 Å². The molecule has 2 amide bonds. The van der Waals surface area contributed by atoms with Gasteiger partial charge in [-0.2, -0.15) is 0 Å². The van der Waals surface area contributed by atoms with Crippen molar-refractivity contribution in [3.8, 4) is 0 Å². The zero-order chi connectivity index (χ0) is 17.0. The van der Waals surface area contributed by atoms with Gasteiger partial charge >= 0.3 is 0 Å². The highest BCUT2D eigenvalue weighted by molar-refractivity contribution is 5.79. The zero-order valence-electron chi connectivity index (χ0n) is 15.2. The second-order valence-electron chi connectivity index (χ2n) is 7.41. The average molecular weight is 323 g/mol. The first kappa shape index (κ1) is 18.2. The quantitative estimate of drug-likeness (QED) is 0.780. The number of nitrogens with one attached hydrogen (secondary N) is 1. The van der Waals surface area contributed by atoms with Crippen LogP contribution in [0.3, 0.4) is 0 Å². The summed E-state index contributed by atoms with van der Waals surface area (Å²) in [6.45, 7) is 10.3. The molecule has 2 fully saturated rings. The fourth-order valence-corrected chi connectivity index (χ4v) is 3.54. The molecule has 0 aromatic rings. The molecule has 0 aromatic heterocycles. The van der Waals surface area contributed by atoms with Crippen molar-refractivity contribution >= 4 is 11.8 Å². The molecule has 2 aliphatic rings. The van der Waals surface area contributed by atoms with Crippen LogP contribution in [-0.2, 0) is 9.59 Å². The summed E-state index contributed by atoms with van der Waals surface area (Å²) in [6.07, 6.45) is 5.54. The summed E-state index contributed by atoms with van der Waals surface area (Å²) in [5.41, 5.74) is 0. The number of rotatable bonds is 7. The molecule has 0 spiro atoms. The van der Waals surface area contributed by atoms with E-state index in [-0.39, 0.29) is 17.9 Å². The molecule has 1 aliphatic heterocycles. The third-order valence-corrected chi connectivity index (χ3v) is 5.51. The number of likely N-dealkylation sites (tertiary alicyclic amines) is 1. The highest BCUT2D eigenvalue weighted by Gasteiger charge is 2.36. The van der Waals surface area contributed by atoms with Crippen molar-refractivity contribution in [2.75, 3.05) is 19.6 Å². The van der Waals surface area contributed by atoms with Gasteiger partial charge in [-0.25, -0.2) is 0 Å². The van der Waals surface area contributed by atoms with Crippen LogP contribution in [0, 0.1) is 5.92 Å². The summed E-state index contributed by atoms with van der Waals surface area (Å²) in [4.78, 5) is 28.4. The Bertz CT molecular complexity index is 422. The average Bonchev–Trinajstić information content (AvgIpc) is 3.35. The largest absolute Gasteiger partial charge is 0.352 e. The molecule has 2 rings (SSSR count). The van der Waals surface area contributed by atoms with Gasteiger partial charge in [-0.05, 0) is 38.5 Å². The summed E-state index contributed by atoms with van der Waals surface area (Å²) in [5, 5.41) is 2.96. The van der Waals surface area contributed by atoms with Gasteiger partial charge in [-0.15, -0.1) is 0 Å². The molecule has 132 valence electrons. The van der Waals surface area contributed by atoms with Crippen LogP contribution in [0.15, 0.2) is 0 Å². The third-order valence-electron chi connectivity index (χ3n) is 5.51. The predicted molar refractivity (Wildman–Crippen MR) is 92.1 cm³/mol. The standard InChI is InChI=1S/C18H33N3O2/c1-5-13(2)14(3)21(17-8-9-17)12-18(23)20-10-6-7-16(11-20)19-15(4)22/h13-14,16-17H,5-12H2,1-4H3,(H,19,22)/t13-,14-,16-/m0/s1. The Balaban J connectivity index is 1.91. The molecule has 5 nitrogen and oxygen atoms in total. The van der Waals surface area contributed by atoms with E-state index in [4.69, 9.17) is 0 Å². The normalized spacial score (nSPS) is 24.4. The second-order valence-corrected chi connectivity index (χ2v) is 7.41. The number of amides is 2. The lowest BCUT2D eigenvalue weighted by Gasteiger charge is -2.37. The lowest BCUT2D eigenvalue weighted by molar-refractivity contribution is -0.135. The van der Waals surface area contributed by atoms with Crippen molar-refractivity contribution in [1.82, 2.24) is 15.1 Å². The Kier molecular flexibility index (Phi) is 6.45. The summed E-state index contributed by atoms with van der Waals surface area (Å²) in [5.74, 6) is 0.827. The van der Waals surface area contributed by atoms with Gasteiger partial charge in [0.25, 0.3) is 0 Å². The molecule has 1 heterocycles. The Morgan fingerprint density at radius 1 is 1.26 bits per heavy atom. The zero-order valence-corrected chi connectivity index (χ0v) is 15.2. The number of hydrogen-bond acceptors (Lipinski definition) is 3. The van der Waals surface area contributed by atoms with Crippen molar-refractivity contribution in [3.05, 3.63) is 0 Å². The van der Waals surface area contributed by atoms with Crippen LogP contribution >= 0.6 is 0 Å². The molecule has 0 unspecified atom stereocenters. The molecular weight excluding hydrogens is 290 g/mol. The fourth-order valence-electron chi connectivity index (χ4n) is 3.54. The van der Waals surface area contributed by atoms with Crippen LogP contribution < -0.4 is 5.32 Å². The highest BCUT2D eigenvalue weighted by Crippen LogP contribution is 2.31. The van der Waals surface area contributed by atoms with E-state index in [1.54, 1.807) is 6.92 Å². The van der Waals surface area contributed by atoms with Crippen LogP contribution in [0.1, 0.15) is 59.8 Å². The van der Waals surface area contributed by atoms with Gasteiger partial charge in [-0.3, -0.25) is 14.5 Å².